The van der Waals surface area contributed by atoms with Crippen molar-refractivity contribution in [3.05, 3.63) is 132 Å². The smallest absolute Gasteiger partial charge is 0.280 e. The number of aromatic nitrogens is 2. The molecule has 0 bridgehead atoms. The molecule has 7 heteroatoms. The maximum absolute atomic E-state index is 13.9. The number of hydrogen-bond donors (Lipinski definition) is 0. The van der Waals surface area contributed by atoms with Crippen molar-refractivity contribution in [2.75, 3.05) is 17.9 Å². The zero-order valence-electron chi connectivity index (χ0n) is 23.7. The van der Waals surface area contributed by atoms with E-state index in [0.29, 0.717) is 11.3 Å². The number of nitrogens with zero attached hydrogens (tertiary/aromatic N) is 4. The number of hydrogen-bond acceptors (Lipinski definition) is 5. The van der Waals surface area contributed by atoms with Crippen LogP contribution in [-0.2, 0) is 4.79 Å². The summed E-state index contributed by atoms with van der Waals surface area (Å²) in [4.78, 5) is 15.1. The molecule has 6 nitrogen and oxygen atoms in total. The zero-order chi connectivity index (χ0) is 29.1. The second kappa shape index (κ2) is 11.9. The topological polar surface area (TPSA) is 59.7 Å². The molecule has 0 saturated carbocycles. The van der Waals surface area contributed by atoms with Gasteiger partial charge in [0.25, 0.3) is 5.91 Å². The number of aryl methyl sites for hydroxylation is 2. The van der Waals surface area contributed by atoms with Gasteiger partial charge in [-0.25, -0.2) is 4.68 Å². The van der Waals surface area contributed by atoms with E-state index in [9.17, 15) is 4.79 Å². The van der Waals surface area contributed by atoms with Gasteiger partial charge in [0.2, 0.25) is 0 Å². The van der Waals surface area contributed by atoms with Gasteiger partial charge in [0.1, 0.15) is 5.75 Å². The summed E-state index contributed by atoms with van der Waals surface area (Å²) < 4.78 is 7.35. The molecular weight excluding hydrogens is 540 g/mol. The molecule has 5 aromatic rings. The highest BCUT2D eigenvalue weighted by Crippen LogP contribution is 2.33. The van der Waals surface area contributed by atoms with Gasteiger partial charge in [-0.05, 0) is 80.1 Å². The number of thioether (sulfide) groups is 1. The molecule has 1 amide bonds. The summed E-state index contributed by atoms with van der Waals surface area (Å²) in [5.74, 6) is 1.20. The number of carbonyl (C=O) groups is 1. The minimum Gasteiger partial charge on any atom is -0.496 e. The summed E-state index contributed by atoms with van der Waals surface area (Å²) in [6.07, 6.45) is 3.90. The summed E-state index contributed by atoms with van der Waals surface area (Å²) in [5.41, 5.74) is 7.69. The Hall–Kier alpha value is -4.88. The van der Waals surface area contributed by atoms with Crippen LogP contribution in [0, 0.1) is 13.8 Å². The molecule has 42 heavy (non-hydrogen) atoms. The number of benzene rings is 4. The lowest BCUT2D eigenvalue weighted by atomic mass is 10.0. The van der Waals surface area contributed by atoms with E-state index in [1.807, 2.05) is 96.7 Å². The molecule has 0 saturated heterocycles. The van der Waals surface area contributed by atoms with Gasteiger partial charge < -0.3 is 4.74 Å². The Bertz CT molecular complexity index is 1790. The lowest BCUT2D eigenvalue weighted by molar-refractivity contribution is -0.114. The molecule has 208 valence electrons. The average Bonchev–Trinajstić information content (AvgIpc) is 3.59. The molecule has 0 fully saturated rings. The van der Waals surface area contributed by atoms with Crippen LogP contribution < -0.4 is 9.75 Å². The Labute approximate surface area is 250 Å². The Morgan fingerprint density at radius 3 is 2.21 bits per heavy atom. The highest BCUT2D eigenvalue weighted by Gasteiger charge is 2.31. The van der Waals surface area contributed by atoms with Crippen LogP contribution in [0.15, 0.2) is 125 Å². The summed E-state index contributed by atoms with van der Waals surface area (Å²) >= 11 is 1.66. The molecule has 0 spiro atoms. The number of hydrazone groups is 1. The van der Waals surface area contributed by atoms with Crippen molar-refractivity contribution in [3.63, 3.8) is 0 Å². The fourth-order valence-corrected chi connectivity index (χ4v) is 5.70. The first-order chi connectivity index (χ1) is 20.5. The Balaban J connectivity index is 1.44. The standard InChI is InChI=1S/C35H30N4O2S/c1-24-14-17-30(18-15-24)42-23-32-31(35(40)39(36-32)29-12-8-5-9-13-29)21-27-22-38(28-10-6-4-7-11-28)37-34(27)26-16-19-33(41-3)25(2)20-26/h4-22H,23H2,1-3H3. The number of amides is 1. The van der Waals surface area contributed by atoms with Crippen molar-refractivity contribution in [1.29, 1.82) is 0 Å². The molecule has 4 aromatic carbocycles. The Morgan fingerprint density at radius 2 is 1.55 bits per heavy atom. The van der Waals surface area contributed by atoms with Crippen LogP contribution in [0.3, 0.4) is 0 Å². The highest BCUT2D eigenvalue weighted by molar-refractivity contribution is 8.00. The number of rotatable bonds is 8. The van der Waals surface area contributed by atoms with E-state index in [2.05, 4.69) is 37.3 Å². The maximum Gasteiger partial charge on any atom is 0.280 e. The molecule has 6 rings (SSSR count). The van der Waals surface area contributed by atoms with Gasteiger partial charge in [-0.1, -0.05) is 54.1 Å². The van der Waals surface area contributed by atoms with E-state index in [1.54, 1.807) is 18.9 Å². The van der Waals surface area contributed by atoms with Gasteiger partial charge in [-0.15, -0.1) is 11.8 Å². The third-order valence-corrected chi connectivity index (χ3v) is 8.11. The molecule has 0 unspecified atom stereocenters. The zero-order valence-corrected chi connectivity index (χ0v) is 24.5. The van der Waals surface area contributed by atoms with Gasteiger partial charge in [0, 0.05) is 28.0 Å². The van der Waals surface area contributed by atoms with E-state index in [4.69, 9.17) is 14.9 Å². The van der Waals surface area contributed by atoms with E-state index in [0.717, 1.165) is 50.1 Å². The SMILES string of the molecule is COc1ccc(-c2nn(-c3ccccc3)cc2C=C2C(=O)N(c3ccccc3)N=C2CSc2ccc(C)cc2)cc1C. The number of anilines is 1. The van der Waals surface area contributed by atoms with E-state index in [-0.39, 0.29) is 5.91 Å². The molecule has 1 aromatic heterocycles. The predicted molar refractivity (Wildman–Crippen MR) is 172 cm³/mol. The average molecular weight is 571 g/mol. The third kappa shape index (κ3) is 5.64. The molecule has 2 heterocycles. The van der Waals surface area contributed by atoms with Crippen LogP contribution in [-0.4, -0.2) is 34.3 Å². The molecule has 1 aliphatic rings. The molecule has 0 N–H and O–H groups in total. The van der Waals surface area contributed by atoms with Crippen molar-refractivity contribution in [1.82, 2.24) is 9.78 Å². The van der Waals surface area contributed by atoms with Crippen LogP contribution >= 0.6 is 11.8 Å². The third-order valence-electron chi connectivity index (χ3n) is 7.08. The fourth-order valence-electron chi connectivity index (χ4n) is 4.85. The number of methoxy groups -OCH3 is 1. The van der Waals surface area contributed by atoms with Crippen molar-refractivity contribution < 1.29 is 9.53 Å². The quantitative estimate of drug-likeness (QED) is 0.141. The minimum atomic E-state index is -0.162. The normalized spacial score (nSPS) is 14.0. The largest absolute Gasteiger partial charge is 0.496 e. The highest BCUT2D eigenvalue weighted by atomic mass is 32.2. The van der Waals surface area contributed by atoms with Crippen LogP contribution in [0.5, 0.6) is 5.75 Å². The van der Waals surface area contributed by atoms with E-state index in [1.165, 1.54) is 10.6 Å². The van der Waals surface area contributed by atoms with Crippen LogP contribution in [0.25, 0.3) is 23.0 Å². The summed E-state index contributed by atoms with van der Waals surface area (Å²) in [7, 11) is 1.67. The Morgan fingerprint density at radius 1 is 0.857 bits per heavy atom. The van der Waals surface area contributed by atoms with Gasteiger partial charge in [-0.2, -0.15) is 15.2 Å². The second-order valence-corrected chi connectivity index (χ2v) is 11.1. The second-order valence-electron chi connectivity index (χ2n) is 10.1. The van der Waals surface area contributed by atoms with Gasteiger partial charge in [0.15, 0.2) is 0 Å². The van der Waals surface area contributed by atoms with Crippen LogP contribution in [0.4, 0.5) is 5.69 Å². The molecule has 1 aliphatic heterocycles. The molecule has 0 atom stereocenters. The van der Waals surface area contributed by atoms with Crippen molar-refractivity contribution >= 4 is 35.1 Å². The van der Waals surface area contributed by atoms with Crippen molar-refractivity contribution in [2.45, 2.75) is 18.7 Å². The van der Waals surface area contributed by atoms with Gasteiger partial charge in [-0.3, -0.25) is 4.79 Å². The predicted octanol–water partition coefficient (Wildman–Crippen LogP) is 7.74. The number of para-hydroxylation sites is 2. The summed E-state index contributed by atoms with van der Waals surface area (Å²) in [6, 6.07) is 33.9. The van der Waals surface area contributed by atoms with Crippen molar-refractivity contribution in [2.24, 2.45) is 5.10 Å². The van der Waals surface area contributed by atoms with Crippen LogP contribution in [0.1, 0.15) is 16.7 Å². The molecule has 0 radical (unpaired) electrons. The van der Waals surface area contributed by atoms with E-state index < -0.39 is 0 Å². The summed E-state index contributed by atoms with van der Waals surface area (Å²) in [5, 5.41) is 11.3. The Kier molecular flexibility index (Phi) is 7.75. The number of ether oxygens (including phenoxy) is 1. The fraction of sp³-hybridized carbons (Fsp3) is 0.114. The molecular formula is C35H30N4O2S. The first-order valence-electron chi connectivity index (χ1n) is 13.7. The first-order valence-corrected chi connectivity index (χ1v) is 14.7. The molecule has 0 aliphatic carbocycles. The lowest BCUT2D eigenvalue weighted by Gasteiger charge is -2.11. The first kappa shape index (κ1) is 27.3. The maximum atomic E-state index is 13.9. The minimum absolute atomic E-state index is 0.162. The van der Waals surface area contributed by atoms with Crippen LogP contribution in [0.2, 0.25) is 0 Å². The number of carbonyl (C=O) groups excluding carboxylic acids is 1. The van der Waals surface area contributed by atoms with E-state index >= 15 is 0 Å². The van der Waals surface area contributed by atoms with Gasteiger partial charge in [0.05, 0.1) is 35.5 Å². The lowest BCUT2D eigenvalue weighted by Crippen LogP contribution is -2.21. The van der Waals surface area contributed by atoms with Gasteiger partial charge >= 0.3 is 0 Å². The van der Waals surface area contributed by atoms with Crippen molar-refractivity contribution in [3.8, 4) is 22.7 Å². The monoisotopic (exact) mass is 570 g/mol. The summed E-state index contributed by atoms with van der Waals surface area (Å²) in [6.45, 7) is 4.09.